The van der Waals surface area contributed by atoms with E-state index in [0.29, 0.717) is 11.0 Å². The van der Waals surface area contributed by atoms with Crippen molar-refractivity contribution in [2.45, 2.75) is 37.8 Å². The summed E-state index contributed by atoms with van der Waals surface area (Å²) in [4.78, 5) is 26.0. The molecule has 1 N–H and O–H groups in total. The topological polar surface area (TPSA) is 75.2 Å². The lowest BCUT2D eigenvalue weighted by molar-refractivity contribution is -0.137. The highest BCUT2D eigenvalue weighted by atomic mass is 32.1. The van der Waals surface area contributed by atoms with E-state index in [0.717, 1.165) is 30.0 Å². The minimum absolute atomic E-state index is 0.0280. The van der Waals surface area contributed by atoms with Crippen LogP contribution in [0.4, 0.5) is 24.0 Å². The maximum Gasteiger partial charge on any atom is 0.416 e. The molecular formula is C18H17F3N4O2S. The summed E-state index contributed by atoms with van der Waals surface area (Å²) in [7, 11) is 0. The standard InChI is InChI=1S/C18H17F3N4O2S/c19-18(20,21)12-5-2-6-13(8-12)25-9-11(7-14(25)26)15(27)22-17-24-23-16(28-17)10-3-1-4-10/h2,5-6,8,10-11H,1,3-4,7,9H2,(H,22,24,27)/t11-/m1/s1. The lowest BCUT2D eigenvalue weighted by Gasteiger charge is -2.21. The minimum atomic E-state index is -4.49. The number of nitrogens with one attached hydrogen (secondary N) is 1. The number of aromatic nitrogens is 2. The van der Waals surface area contributed by atoms with Crippen LogP contribution in [-0.2, 0) is 15.8 Å². The van der Waals surface area contributed by atoms with E-state index in [2.05, 4.69) is 15.5 Å². The van der Waals surface area contributed by atoms with Crippen molar-refractivity contribution in [2.75, 3.05) is 16.8 Å². The van der Waals surface area contributed by atoms with Gasteiger partial charge in [0.1, 0.15) is 5.01 Å². The van der Waals surface area contributed by atoms with Crippen molar-refractivity contribution in [1.29, 1.82) is 0 Å². The van der Waals surface area contributed by atoms with Gasteiger partial charge in [-0.1, -0.05) is 23.8 Å². The van der Waals surface area contributed by atoms with Gasteiger partial charge in [-0.15, -0.1) is 10.2 Å². The van der Waals surface area contributed by atoms with Crippen molar-refractivity contribution >= 4 is 34.0 Å². The summed E-state index contributed by atoms with van der Waals surface area (Å²) in [6, 6.07) is 4.56. The molecule has 0 bridgehead atoms. The van der Waals surface area contributed by atoms with E-state index < -0.39 is 17.7 Å². The molecule has 0 radical (unpaired) electrons. The second kappa shape index (κ2) is 7.16. The van der Waals surface area contributed by atoms with Gasteiger partial charge in [0.05, 0.1) is 11.5 Å². The quantitative estimate of drug-likeness (QED) is 0.832. The number of alkyl halides is 3. The Bertz CT molecular complexity index is 910. The summed E-state index contributed by atoms with van der Waals surface area (Å²) in [6.07, 6.45) is -1.24. The molecule has 1 aromatic heterocycles. The molecule has 1 atom stereocenters. The number of hydrogen-bond acceptors (Lipinski definition) is 5. The third kappa shape index (κ3) is 3.73. The molecule has 28 heavy (non-hydrogen) atoms. The molecule has 1 saturated heterocycles. The van der Waals surface area contributed by atoms with Gasteiger partial charge in [-0.25, -0.2) is 0 Å². The van der Waals surface area contributed by atoms with Gasteiger partial charge in [-0.2, -0.15) is 13.2 Å². The molecule has 0 spiro atoms. The molecule has 2 heterocycles. The molecule has 1 aromatic carbocycles. The maximum absolute atomic E-state index is 12.9. The monoisotopic (exact) mass is 410 g/mol. The van der Waals surface area contributed by atoms with Gasteiger partial charge in [-0.3, -0.25) is 9.59 Å². The molecule has 2 amide bonds. The third-order valence-corrected chi connectivity index (χ3v) is 6.11. The maximum atomic E-state index is 12.9. The van der Waals surface area contributed by atoms with Crippen LogP contribution in [0.5, 0.6) is 0 Å². The number of amides is 2. The van der Waals surface area contributed by atoms with E-state index >= 15 is 0 Å². The Hall–Kier alpha value is -2.49. The molecule has 2 aromatic rings. The average Bonchev–Trinajstić information content (AvgIpc) is 3.19. The van der Waals surface area contributed by atoms with Gasteiger partial charge in [0, 0.05) is 24.6 Å². The van der Waals surface area contributed by atoms with Gasteiger partial charge in [0.15, 0.2) is 0 Å². The molecule has 0 unspecified atom stereocenters. The van der Waals surface area contributed by atoms with Crippen LogP contribution < -0.4 is 10.2 Å². The highest BCUT2D eigenvalue weighted by molar-refractivity contribution is 7.15. The zero-order chi connectivity index (χ0) is 19.9. The van der Waals surface area contributed by atoms with E-state index in [1.165, 1.54) is 34.8 Å². The fourth-order valence-corrected chi connectivity index (χ4v) is 4.21. The van der Waals surface area contributed by atoms with E-state index in [9.17, 15) is 22.8 Å². The number of benzene rings is 1. The van der Waals surface area contributed by atoms with Crippen LogP contribution >= 0.6 is 11.3 Å². The lowest BCUT2D eigenvalue weighted by atomic mass is 9.86. The molecule has 1 aliphatic heterocycles. The minimum Gasteiger partial charge on any atom is -0.312 e. The fraction of sp³-hybridized carbons (Fsp3) is 0.444. The van der Waals surface area contributed by atoms with Crippen LogP contribution in [0.3, 0.4) is 0 Å². The first-order valence-electron chi connectivity index (χ1n) is 8.93. The smallest absolute Gasteiger partial charge is 0.312 e. The largest absolute Gasteiger partial charge is 0.416 e. The van der Waals surface area contributed by atoms with Crippen molar-refractivity contribution in [3.63, 3.8) is 0 Å². The number of carbonyl (C=O) groups is 2. The summed E-state index contributed by atoms with van der Waals surface area (Å²) in [6.45, 7) is 0.0280. The molecule has 6 nitrogen and oxygen atoms in total. The van der Waals surface area contributed by atoms with Crippen LogP contribution in [0.2, 0.25) is 0 Å². The van der Waals surface area contributed by atoms with Crippen LogP contribution in [-0.4, -0.2) is 28.6 Å². The Balaban J connectivity index is 1.42. The summed E-state index contributed by atoms with van der Waals surface area (Å²) < 4.78 is 38.7. The number of carbonyl (C=O) groups excluding carboxylic acids is 2. The number of halogens is 3. The second-order valence-electron chi connectivity index (χ2n) is 7.02. The fourth-order valence-electron chi connectivity index (χ4n) is 3.30. The third-order valence-electron chi connectivity index (χ3n) is 5.11. The highest BCUT2D eigenvalue weighted by Gasteiger charge is 2.37. The van der Waals surface area contributed by atoms with Crippen LogP contribution in [0.15, 0.2) is 24.3 Å². The van der Waals surface area contributed by atoms with Crippen LogP contribution in [0.1, 0.15) is 42.2 Å². The summed E-state index contributed by atoms with van der Waals surface area (Å²) in [5.41, 5.74) is -0.693. The Labute approximate surface area is 162 Å². The van der Waals surface area contributed by atoms with E-state index in [-0.39, 0.29) is 30.5 Å². The molecular weight excluding hydrogens is 393 g/mol. The Morgan fingerprint density at radius 2 is 2.04 bits per heavy atom. The molecule has 1 aliphatic carbocycles. The first-order valence-corrected chi connectivity index (χ1v) is 9.75. The first-order chi connectivity index (χ1) is 13.3. The Morgan fingerprint density at radius 3 is 2.71 bits per heavy atom. The van der Waals surface area contributed by atoms with E-state index in [1.807, 2.05) is 0 Å². The van der Waals surface area contributed by atoms with Crippen molar-refractivity contribution < 1.29 is 22.8 Å². The van der Waals surface area contributed by atoms with Gasteiger partial charge < -0.3 is 10.2 Å². The van der Waals surface area contributed by atoms with Crippen LogP contribution in [0.25, 0.3) is 0 Å². The molecule has 2 aliphatic rings. The van der Waals surface area contributed by atoms with Gasteiger partial charge in [0.25, 0.3) is 0 Å². The number of hydrogen-bond donors (Lipinski definition) is 1. The van der Waals surface area contributed by atoms with Crippen molar-refractivity contribution in [2.24, 2.45) is 5.92 Å². The van der Waals surface area contributed by atoms with Gasteiger partial charge in [0.2, 0.25) is 16.9 Å². The van der Waals surface area contributed by atoms with Gasteiger partial charge in [-0.05, 0) is 31.0 Å². The van der Waals surface area contributed by atoms with Gasteiger partial charge >= 0.3 is 6.18 Å². The number of anilines is 2. The molecule has 1 saturated carbocycles. The van der Waals surface area contributed by atoms with Crippen molar-refractivity contribution in [1.82, 2.24) is 10.2 Å². The average molecular weight is 410 g/mol. The summed E-state index contributed by atoms with van der Waals surface area (Å²) >= 11 is 1.33. The Morgan fingerprint density at radius 1 is 1.25 bits per heavy atom. The number of nitrogens with zero attached hydrogens (tertiary/aromatic N) is 3. The van der Waals surface area contributed by atoms with Crippen LogP contribution in [0, 0.1) is 5.92 Å². The molecule has 4 rings (SSSR count). The molecule has 2 fully saturated rings. The summed E-state index contributed by atoms with van der Waals surface area (Å²) in [5, 5.41) is 12.0. The first kappa shape index (κ1) is 18.9. The summed E-state index contributed by atoms with van der Waals surface area (Å²) in [5.74, 6) is -1.00. The predicted molar refractivity (Wildman–Crippen MR) is 97.0 cm³/mol. The zero-order valence-electron chi connectivity index (χ0n) is 14.7. The van der Waals surface area contributed by atoms with Crippen molar-refractivity contribution in [3.8, 4) is 0 Å². The second-order valence-corrected chi connectivity index (χ2v) is 8.03. The SMILES string of the molecule is O=C(Nc1nnc(C2CCC2)s1)[C@@H]1CC(=O)N(c2cccc(C(F)(F)F)c2)C1. The zero-order valence-corrected chi connectivity index (χ0v) is 15.5. The lowest BCUT2D eigenvalue weighted by Crippen LogP contribution is -2.28. The normalized spacial score (nSPS) is 20.3. The number of rotatable bonds is 4. The highest BCUT2D eigenvalue weighted by Crippen LogP contribution is 2.39. The van der Waals surface area contributed by atoms with E-state index in [1.54, 1.807) is 0 Å². The predicted octanol–water partition coefficient (Wildman–Crippen LogP) is 3.82. The molecule has 10 heteroatoms. The Kier molecular flexibility index (Phi) is 4.82. The van der Waals surface area contributed by atoms with Crippen molar-refractivity contribution in [3.05, 3.63) is 34.8 Å². The van der Waals surface area contributed by atoms with E-state index in [4.69, 9.17) is 0 Å². The molecule has 148 valence electrons.